The molecule has 0 spiro atoms. The molecule has 0 unspecified atom stereocenters. The Bertz CT molecular complexity index is 1280. The van der Waals surface area contributed by atoms with E-state index in [1.165, 1.54) is 30.5 Å². The van der Waals surface area contributed by atoms with Crippen LogP contribution in [0.25, 0.3) is 10.9 Å². The third-order valence-electron chi connectivity index (χ3n) is 4.27. The molecule has 0 amide bonds. The molecule has 1 aromatic heterocycles. The van der Waals surface area contributed by atoms with Crippen molar-refractivity contribution in [2.45, 2.75) is 11.8 Å². The summed E-state index contributed by atoms with van der Waals surface area (Å²) in [6, 6.07) is 14.4. The van der Waals surface area contributed by atoms with Gasteiger partial charge in [-0.25, -0.2) is 12.4 Å². The van der Waals surface area contributed by atoms with Crippen LogP contribution in [-0.2, 0) is 10.0 Å². The number of benzene rings is 2. The van der Waals surface area contributed by atoms with Crippen molar-refractivity contribution in [1.29, 1.82) is 5.26 Å². The lowest BCUT2D eigenvalue weighted by molar-refractivity contribution is 0.103. The first-order valence-electron chi connectivity index (χ1n) is 8.61. The lowest BCUT2D eigenvalue weighted by atomic mass is 10.1. The highest BCUT2D eigenvalue weighted by Crippen LogP contribution is 2.29. The molecule has 6 nitrogen and oxygen atoms in total. The van der Waals surface area contributed by atoms with Crippen LogP contribution in [0.3, 0.4) is 0 Å². The first-order valence-corrected chi connectivity index (χ1v) is 10.4. The Balaban J connectivity index is 2.34. The van der Waals surface area contributed by atoms with Crippen LogP contribution in [0.5, 0.6) is 0 Å². The van der Waals surface area contributed by atoms with Gasteiger partial charge in [-0.3, -0.25) is 4.79 Å². The van der Waals surface area contributed by atoms with Crippen LogP contribution >= 0.6 is 11.6 Å². The van der Waals surface area contributed by atoms with Gasteiger partial charge < -0.3 is 4.90 Å². The first kappa shape index (κ1) is 20.6. The maximum Gasteiger partial charge on any atom is 0.268 e. The summed E-state index contributed by atoms with van der Waals surface area (Å²) in [5.74, 6) is -0.691. The van der Waals surface area contributed by atoms with Gasteiger partial charge in [-0.2, -0.15) is 5.26 Å². The van der Waals surface area contributed by atoms with Crippen LogP contribution in [0.15, 0.2) is 65.2 Å². The fourth-order valence-electron chi connectivity index (χ4n) is 2.92. The summed E-state index contributed by atoms with van der Waals surface area (Å²) in [5, 5.41) is 10.3. The van der Waals surface area contributed by atoms with Gasteiger partial charge in [0.2, 0.25) is 5.78 Å². The molecule has 0 aliphatic carbocycles. The van der Waals surface area contributed by atoms with Crippen molar-refractivity contribution in [1.82, 2.24) is 8.87 Å². The predicted molar refractivity (Wildman–Crippen MR) is 112 cm³/mol. The highest BCUT2D eigenvalue weighted by atomic mass is 35.5. The number of fused-ring (bicyclic) bond motifs is 1. The standard InChI is InChI=1S/C21H18ClN3O3S/c1-14-4-8-18(9-5-14)29(27,28)25-19-11-17(22)7-6-15(19)10-20(25)21(26)16(12-23)13-24(2)3/h4-11,13H,1-3H3/b16-13+. The molecule has 3 aromatic rings. The van der Waals surface area contributed by atoms with Gasteiger partial charge in [-0.1, -0.05) is 35.4 Å². The van der Waals surface area contributed by atoms with Gasteiger partial charge >= 0.3 is 0 Å². The Kier molecular flexibility index (Phi) is 5.51. The monoisotopic (exact) mass is 427 g/mol. The van der Waals surface area contributed by atoms with Crippen molar-refractivity contribution >= 4 is 38.3 Å². The van der Waals surface area contributed by atoms with E-state index in [9.17, 15) is 18.5 Å². The van der Waals surface area contributed by atoms with Crippen LogP contribution < -0.4 is 0 Å². The summed E-state index contributed by atoms with van der Waals surface area (Å²) in [5.41, 5.74) is 0.867. The number of hydrogen-bond acceptors (Lipinski definition) is 5. The number of allylic oxidation sites excluding steroid dienone is 1. The maximum absolute atomic E-state index is 13.4. The quantitative estimate of drug-likeness (QED) is 0.349. The molecule has 0 saturated carbocycles. The number of aryl methyl sites for hydroxylation is 1. The van der Waals surface area contributed by atoms with Crippen molar-refractivity contribution in [3.8, 4) is 6.07 Å². The second-order valence-electron chi connectivity index (χ2n) is 6.76. The number of halogens is 1. The summed E-state index contributed by atoms with van der Waals surface area (Å²) >= 11 is 6.09. The van der Waals surface area contributed by atoms with Crippen molar-refractivity contribution < 1.29 is 13.2 Å². The average Bonchev–Trinajstić information content (AvgIpc) is 3.05. The zero-order chi connectivity index (χ0) is 21.3. The molecule has 3 rings (SSSR count). The summed E-state index contributed by atoms with van der Waals surface area (Å²) in [7, 11) is -0.775. The smallest absolute Gasteiger partial charge is 0.268 e. The van der Waals surface area contributed by atoms with Crippen molar-refractivity contribution in [3.05, 3.63) is 76.6 Å². The van der Waals surface area contributed by atoms with Crippen LogP contribution in [0.1, 0.15) is 16.1 Å². The minimum atomic E-state index is -4.11. The highest BCUT2D eigenvalue weighted by molar-refractivity contribution is 7.90. The maximum atomic E-state index is 13.4. The number of carbonyl (C=O) groups is 1. The molecule has 0 N–H and O–H groups in total. The lowest BCUT2D eigenvalue weighted by Crippen LogP contribution is -2.20. The number of hydrogen-bond donors (Lipinski definition) is 0. The topological polar surface area (TPSA) is 83.2 Å². The number of nitriles is 1. The minimum absolute atomic E-state index is 0.0322. The van der Waals surface area contributed by atoms with Crippen LogP contribution in [0.2, 0.25) is 5.02 Å². The highest BCUT2D eigenvalue weighted by Gasteiger charge is 2.28. The minimum Gasteiger partial charge on any atom is -0.382 e. The number of aromatic nitrogens is 1. The van der Waals surface area contributed by atoms with Crippen LogP contribution in [0.4, 0.5) is 0 Å². The van der Waals surface area contributed by atoms with Crippen LogP contribution in [0, 0.1) is 18.3 Å². The van der Waals surface area contributed by atoms with Crippen molar-refractivity contribution in [2.75, 3.05) is 14.1 Å². The van der Waals surface area contributed by atoms with E-state index in [0.717, 1.165) is 9.54 Å². The van der Waals surface area contributed by atoms with E-state index < -0.39 is 15.8 Å². The van der Waals surface area contributed by atoms with Gasteiger partial charge in [0, 0.05) is 30.7 Å². The first-order chi connectivity index (χ1) is 13.6. The van der Waals surface area contributed by atoms with Gasteiger partial charge in [0.15, 0.2) is 0 Å². The molecule has 0 aliphatic heterocycles. The zero-order valence-corrected chi connectivity index (χ0v) is 17.6. The number of rotatable bonds is 5. The molecule has 0 atom stereocenters. The molecule has 29 heavy (non-hydrogen) atoms. The van der Waals surface area contributed by atoms with E-state index in [1.54, 1.807) is 43.3 Å². The average molecular weight is 428 g/mol. The molecule has 0 aliphatic rings. The molecule has 8 heteroatoms. The van der Waals surface area contributed by atoms with Gasteiger partial charge in [0.05, 0.1) is 10.4 Å². The Labute approximate surface area is 174 Å². The molecule has 0 fully saturated rings. The molecule has 148 valence electrons. The zero-order valence-electron chi connectivity index (χ0n) is 16.0. The Hall–Kier alpha value is -3.08. The normalized spacial score (nSPS) is 12.0. The van der Waals surface area contributed by atoms with E-state index in [4.69, 9.17) is 11.6 Å². The van der Waals surface area contributed by atoms with E-state index in [-0.39, 0.29) is 21.7 Å². The fraction of sp³-hybridized carbons (Fsp3) is 0.143. The number of carbonyl (C=O) groups excluding carboxylic acids is 1. The molecule has 2 aromatic carbocycles. The second-order valence-corrected chi connectivity index (χ2v) is 8.99. The Morgan fingerprint density at radius 2 is 1.79 bits per heavy atom. The molecule has 0 radical (unpaired) electrons. The number of Topliss-reactive ketones (excluding diaryl/α,β-unsaturated/α-hetero) is 1. The fourth-order valence-corrected chi connectivity index (χ4v) is 4.59. The third-order valence-corrected chi connectivity index (χ3v) is 6.24. The van der Waals surface area contributed by atoms with E-state index in [0.29, 0.717) is 10.4 Å². The molecular weight excluding hydrogens is 410 g/mol. The summed E-state index contributed by atoms with van der Waals surface area (Å²) in [6.45, 7) is 1.85. The van der Waals surface area contributed by atoms with E-state index >= 15 is 0 Å². The van der Waals surface area contributed by atoms with Gasteiger partial charge in [0.1, 0.15) is 17.3 Å². The van der Waals surface area contributed by atoms with Gasteiger partial charge in [-0.15, -0.1) is 0 Å². The van der Waals surface area contributed by atoms with E-state index in [1.807, 2.05) is 13.0 Å². The van der Waals surface area contributed by atoms with E-state index in [2.05, 4.69) is 0 Å². The molecular formula is C21H18ClN3O3S. The van der Waals surface area contributed by atoms with Gasteiger partial charge in [0.25, 0.3) is 10.0 Å². The molecule has 1 heterocycles. The summed E-state index contributed by atoms with van der Waals surface area (Å²) < 4.78 is 27.8. The number of nitrogens with zero attached hydrogens (tertiary/aromatic N) is 3. The second kappa shape index (κ2) is 7.74. The summed E-state index contributed by atoms with van der Waals surface area (Å²) in [4.78, 5) is 14.7. The Morgan fingerprint density at radius 1 is 1.14 bits per heavy atom. The molecule has 0 saturated heterocycles. The largest absolute Gasteiger partial charge is 0.382 e. The van der Waals surface area contributed by atoms with Crippen LogP contribution in [-0.4, -0.2) is 37.2 Å². The Morgan fingerprint density at radius 3 is 2.38 bits per heavy atom. The predicted octanol–water partition coefficient (Wildman–Crippen LogP) is 3.99. The number of ketones is 1. The summed E-state index contributed by atoms with van der Waals surface area (Å²) in [6.07, 6.45) is 1.36. The van der Waals surface area contributed by atoms with Gasteiger partial charge in [-0.05, 0) is 37.3 Å². The molecule has 0 bridgehead atoms. The van der Waals surface area contributed by atoms with Crippen molar-refractivity contribution in [3.63, 3.8) is 0 Å². The lowest BCUT2D eigenvalue weighted by Gasteiger charge is -2.12. The SMILES string of the molecule is Cc1ccc(S(=O)(=O)n2c(C(=O)/C(C#N)=C/N(C)C)cc3ccc(Cl)cc32)cc1. The van der Waals surface area contributed by atoms with Crippen molar-refractivity contribution in [2.24, 2.45) is 0 Å². The third kappa shape index (κ3) is 3.90.